The summed E-state index contributed by atoms with van der Waals surface area (Å²) >= 11 is 2.97. The molecular weight excluding hydrogens is 302 g/mol. The number of rotatable bonds is 3. The fourth-order valence-electron chi connectivity index (χ4n) is 3.31. The van der Waals surface area contributed by atoms with Crippen molar-refractivity contribution < 1.29 is 4.79 Å². The largest absolute Gasteiger partial charge is 0.347 e. The lowest BCUT2D eigenvalue weighted by Gasteiger charge is -2.44. The smallest absolute Gasteiger partial charge is 0.261 e. The molecule has 0 aliphatic carbocycles. The van der Waals surface area contributed by atoms with E-state index in [-0.39, 0.29) is 5.91 Å². The topological polar surface area (TPSA) is 45.2 Å². The van der Waals surface area contributed by atoms with Crippen LogP contribution in [-0.2, 0) is 0 Å². The zero-order chi connectivity index (χ0) is 14.2. The van der Waals surface area contributed by atoms with Gasteiger partial charge in [-0.25, -0.2) is 0 Å². The van der Waals surface area contributed by atoms with E-state index >= 15 is 0 Å². The van der Waals surface area contributed by atoms with Crippen molar-refractivity contribution >= 4 is 28.8 Å². The van der Waals surface area contributed by atoms with Gasteiger partial charge in [-0.15, -0.1) is 11.3 Å². The third-order valence-corrected chi connectivity index (χ3v) is 6.16. The Morgan fingerprint density at radius 1 is 1.29 bits per heavy atom. The quantitative estimate of drug-likeness (QED) is 0.946. The van der Waals surface area contributed by atoms with E-state index < -0.39 is 0 Å². The van der Waals surface area contributed by atoms with E-state index in [2.05, 4.69) is 14.6 Å². The molecule has 6 heteroatoms. The lowest BCUT2D eigenvalue weighted by molar-refractivity contribution is 0.0622. The maximum atomic E-state index is 12.4. The van der Waals surface area contributed by atoms with Crippen molar-refractivity contribution in [3.63, 3.8) is 0 Å². The molecule has 3 saturated heterocycles. The molecule has 1 amide bonds. The van der Waals surface area contributed by atoms with Crippen molar-refractivity contribution in [1.29, 1.82) is 0 Å². The second-order valence-corrected chi connectivity index (χ2v) is 7.52. The van der Waals surface area contributed by atoms with E-state index in [9.17, 15) is 4.79 Å². The molecule has 4 nitrogen and oxygen atoms in total. The van der Waals surface area contributed by atoms with Crippen molar-refractivity contribution in [1.82, 2.24) is 14.6 Å². The van der Waals surface area contributed by atoms with Crippen LogP contribution < -0.4 is 5.32 Å². The minimum atomic E-state index is 0.0697. The highest BCUT2D eigenvalue weighted by Crippen LogP contribution is 2.30. The lowest BCUT2D eigenvalue weighted by atomic mass is 9.84. The molecule has 1 N–H and O–H groups in total. The molecule has 2 bridgehead atoms. The number of carbonyl (C=O) groups excluding carboxylic acids is 1. The number of hydrogen-bond donors (Lipinski definition) is 1. The number of piperidine rings is 3. The Hall–Kier alpha value is -1.24. The summed E-state index contributed by atoms with van der Waals surface area (Å²) in [5.74, 6) is 0.733. The van der Waals surface area contributed by atoms with E-state index in [1.165, 1.54) is 48.8 Å². The summed E-state index contributed by atoms with van der Waals surface area (Å²) in [6.07, 6.45) is 2.44. The van der Waals surface area contributed by atoms with Crippen LogP contribution in [-0.4, -0.2) is 40.9 Å². The molecule has 0 saturated carbocycles. The van der Waals surface area contributed by atoms with Gasteiger partial charge in [-0.2, -0.15) is 4.37 Å². The van der Waals surface area contributed by atoms with E-state index in [1.54, 1.807) is 0 Å². The van der Waals surface area contributed by atoms with E-state index in [0.29, 0.717) is 12.0 Å². The third kappa shape index (κ3) is 2.63. The van der Waals surface area contributed by atoms with Gasteiger partial charge in [0.25, 0.3) is 5.91 Å². The highest BCUT2D eigenvalue weighted by molar-refractivity contribution is 7.17. The lowest BCUT2D eigenvalue weighted by Crippen LogP contribution is -2.57. The molecule has 5 rings (SSSR count). The van der Waals surface area contributed by atoms with E-state index in [0.717, 1.165) is 22.0 Å². The summed E-state index contributed by atoms with van der Waals surface area (Å²) in [4.78, 5) is 16.7. The Morgan fingerprint density at radius 2 is 2.14 bits per heavy atom. The molecule has 0 aromatic carbocycles. The van der Waals surface area contributed by atoms with Crippen molar-refractivity contribution in [2.45, 2.75) is 18.9 Å². The fourth-order valence-corrected chi connectivity index (χ4v) is 4.77. The molecular formula is C15H17N3OS2. The zero-order valence-corrected chi connectivity index (χ0v) is 13.3. The van der Waals surface area contributed by atoms with Crippen LogP contribution >= 0.6 is 22.9 Å². The van der Waals surface area contributed by atoms with Crippen LogP contribution in [0.3, 0.4) is 0 Å². The van der Waals surface area contributed by atoms with Gasteiger partial charge < -0.3 is 10.2 Å². The van der Waals surface area contributed by atoms with Crippen LogP contribution in [0.25, 0.3) is 10.6 Å². The molecule has 21 heavy (non-hydrogen) atoms. The van der Waals surface area contributed by atoms with Gasteiger partial charge in [-0.3, -0.25) is 4.79 Å². The Morgan fingerprint density at radius 3 is 2.81 bits per heavy atom. The van der Waals surface area contributed by atoms with Crippen molar-refractivity contribution in [2.24, 2.45) is 5.92 Å². The molecule has 3 aliphatic rings. The minimum Gasteiger partial charge on any atom is -0.347 e. The van der Waals surface area contributed by atoms with Gasteiger partial charge in [0, 0.05) is 18.0 Å². The Labute approximate surface area is 132 Å². The molecule has 0 radical (unpaired) electrons. The molecule has 110 valence electrons. The number of thiophene rings is 1. The summed E-state index contributed by atoms with van der Waals surface area (Å²) in [6, 6.07) is 6.22. The highest BCUT2D eigenvalue weighted by atomic mass is 32.1. The highest BCUT2D eigenvalue weighted by Gasteiger charge is 2.35. The number of nitrogens with one attached hydrogen (secondary N) is 1. The molecule has 3 aliphatic heterocycles. The summed E-state index contributed by atoms with van der Waals surface area (Å²) in [6.45, 7) is 3.41. The molecule has 2 aromatic heterocycles. The molecule has 3 fully saturated rings. The van der Waals surface area contributed by atoms with Crippen LogP contribution in [0.5, 0.6) is 0 Å². The second kappa shape index (κ2) is 5.51. The first-order valence-corrected chi connectivity index (χ1v) is 8.99. The van der Waals surface area contributed by atoms with Crippen LogP contribution in [0.2, 0.25) is 0 Å². The molecule has 1 atom stereocenters. The second-order valence-electron chi connectivity index (χ2n) is 5.77. The van der Waals surface area contributed by atoms with Gasteiger partial charge in [-0.05, 0) is 61.6 Å². The molecule has 1 unspecified atom stereocenters. The number of amides is 1. The first-order valence-electron chi connectivity index (χ1n) is 7.33. The normalized spacial score (nSPS) is 27.7. The van der Waals surface area contributed by atoms with Gasteiger partial charge in [-0.1, -0.05) is 0 Å². The van der Waals surface area contributed by atoms with Gasteiger partial charge in [0.15, 0.2) is 0 Å². The Kier molecular flexibility index (Phi) is 3.52. The standard InChI is InChI=1S/C15H17N3OS2/c19-15(16-12-9-18-6-3-10(12)4-7-18)14-2-1-13(21-14)11-5-8-20-17-11/h1-2,5,8,10,12H,3-4,6-7,9H2,(H,16,19). The van der Waals surface area contributed by atoms with Gasteiger partial charge in [0.1, 0.15) is 0 Å². The third-order valence-electron chi connectivity index (χ3n) is 4.49. The predicted octanol–water partition coefficient (Wildman–Crippen LogP) is 2.70. The van der Waals surface area contributed by atoms with Gasteiger partial charge >= 0.3 is 0 Å². The predicted molar refractivity (Wildman–Crippen MR) is 85.8 cm³/mol. The van der Waals surface area contributed by atoms with Crippen molar-refractivity contribution in [3.05, 3.63) is 28.5 Å². The maximum Gasteiger partial charge on any atom is 0.261 e. The minimum absolute atomic E-state index is 0.0697. The fraction of sp³-hybridized carbons (Fsp3) is 0.467. The van der Waals surface area contributed by atoms with Crippen molar-refractivity contribution in [2.75, 3.05) is 19.6 Å². The molecule has 0 spiro atoms. The molecule has 2 aromatic rings. The maximum absolute atomic E-state index is 12.4. The van der Waals surface area contributed by atoms with E-state index in [4.69, 9.17) is 0 Å². The monoisotopic (exact) mass is 319 g/mol. The Balaban J connectivity index is 1.46. The van der Waals surface area contributed by atoms with Crippen LogP contribution in [0, 0.1) is 5.92 Å². The van der Waals surface area contributed by atoms with Gasteiger partial charge in [0.05, 0.1) is 15.4 Å². The van der Waals surface area contributed by atoms with Crippen molar-refractivity contribution in [3.8, 4) is 10.6 Å². The molecule has 5 heterocycles. The summed E-state index contributed by atoms with van der Waals surface area (Å²) in [5.41, 5.74) is 0.965. The zero-order valence-electron chi connectivity index (χ0n) is 11.6. The van der Waals surface area contributed by atoms with Gasteiger partial charge in [0.2, 0.25) is 0 Å². The summed E-state index contributed by atoms with van der Waals surface area (Å²) in [7, 11) is 0. The number of hydrogen-bond acceptors (Lipinski definition) is 5. The SMILES string of the molecule is O=C(NC1CN2CCC1CC2)c1ccc(-c2ccsn2)s1. The average molecular weight is 319 g/mol. The Bertz CT molecular complexity index is 629. The number of aromatic nitrogens is 1. The number of carbonyl (C=O) groups is 1. The average Bonchev–Trinajstić information content (AvgIpc) is 3.20. The first kappa shape index (κ1) is 13.4. The van der Waals surface area contributed by atoms with Crippen LogP contribution in [0.4, 0.5) is 0 Å². The summed E-state index contributed by atoms with van der Waals surface area (Å²) < 4.78 is 4.32. The van der Waals surface area contributed by atoms with E-state index in [1.807, 2.05) is 23.6 Å². The summed E-state index contributed by atoms with van der Waals surface area (Å²) in [5, 5.41) is 5.20. The number of fused-ring (bicyclic) bond motifs is 3. The number of nitrogens with zero attached hydrogens (tertiary/aromatic N) is 2. The van der Waals surface area contributed by atoms with Crippen LogP contribution in [0.15, 0.2) is 23.6 Å². The van der Waals surface area contributed by atoms with Crippen LogP contribution in [0.1, 0.15) is 22.5 Å². The first-order chi connectivity index (χ1) is 10.3.